The van der Waals surface area contributed by atoms with Crippen LogP contribution in [-0.4, -0.2) is 28.2 Å². The zero-order valence-electron chi connectivity index (χ0n) is 16.7. The van der Waals surface area contributed by atoms with Crippen molar-refractivity contribution in [2.45, 2.75) is 25.3 Å². The number of para-hydroxylation sites is 2. The van der Waals surface area contributed by atoms with Gasteiger partial charge in [-0.1, -0.05) is 30.7 Å². The third-order valence-electron chi connectivity index (χ3n) is 5.94. The van der Waals surface area contributed by atoms with Gasteiger partial charge in [-0.05, 0) is 50.2 Å². The van der Waals surface area contributed by atoms with Gasteiger partial charge in [0.15, 0.2) is 0 Å². The Hall–Kier alpha value is -3.58. The lowest BCUT2D eigenvalue weighted by atomic mass is 9.94. The predicted molar refractivity (Wildman–Crippen MR) is 116 cm³/mol. The fraction of sp³-hybridized carbons (Fsp3) is 0.250. The minimum absolute atomic E-state index is 0.0709. The van der Waals surface area contributed by atoms with E-state index in [4.69, 9.17) is 8.83 Å². The molecule has 158 valence electrons. The predicted octanol–water partition coefficient (Wildman–Crippen LogP) is 3.89. The number of hydrogen-bond acceptors (Lipinski definition) is 7. The maximum absolute atomic E-state index is 13.0. The molecule has 2 aromatic heterocycles. The van der Waals surface area contributed by atoms with Crippen LogP contribution >= 0.6 is 0 Å². The highest BCUT2D eigenvalue weighted by molar-refractivity contribution is 5.86. The standard InChI is InChI=1S/C24H21NO6/c26-21-14-8-2-4-10-16(14)30-23(28)18(21)20(25-12-6-1-7-13-25)19-22(27)15-9-3-5-11-17(15)31-24(19)29/h2-5,8-11,20,26-27H,1,6-7,12-13H2. The molecule has 0 aliphatic carbocycles. The number of rotatable bonds is 3. The topological polar surface area (TPSA) is 104 Å². The molecule has 1 aliphatic rings. The van der Waals surface area contributed by atoms with Crippen molar-refractivity contribution < 1.29 is 19.0 Å². The normalized spacial score (nSPS) is 15.1. The molecule has 2 N–H and O–H groups in total. The van der Waals surface area contributed by atoms with E-state index >= 15 is 0 Å². The van der Waals surface area contributed by atoms with Crippen molar-refractivity contribution in [1.29, 1.82) is 0 Å². The Morgan fingerprint density at radius 3 is 1.65 bits per heavy atom. The smallest absolute Gasteiger partial charge is 0.345 e. The van der Waals surface area contributed by atoms with Crippen LogP contribution in [-0.2, 0) is 0 Å². The third kappa shape index (κ3) is 3.18. The van der Waals surface area contributed by atoms with Crippen molar-refractivity contribution in [1.82, 2.24) is 4.90 Å². The number of likely N-dealkylation sites (tertiary alicyclic amines) is 1. The number of nitrogens with zero attached hydrogens (tertiary/aromatic N) is 1. The largest absolute Gasteiger partial charge is 0.507 e. The monoisotopic (exact) mass is 419 g/mol. The minimum Gasteiger partial charge on any atom is -0.507 e. The van der Waals surface area contributed by atoms with Gasteiger partial charge in [0.25, 0.3) is 0 Å². The summed E-state index contributed by atoms with van der Waals surface area (Å²) in [6.45, 7) is 1.20. The second-order valence-corrected chi connectivity index (χ2v) is 7.80. The van der Waals surface area contributed by atoms with Gasteiger partial charge in [-0.2, -0.15) is 0 Å². The first-order valence-electron chi connectivity index (χ1n) is 10.3. The Bertz CT molecular complexity index is 1300. The molecule has 1 aliphatic heterocycles. The van der Waals surface area contributed by atoms with E-state index in [1.165, 1.54) is 0 Å². The number of piperidine rings is 1. The van der Waals surface area contributed by atoms with Gasteiger partial charge in [-0.25, -0.2) is 9.59 Å². The highest BCUT2D eigenvalue weighted by Gasteiger charge is 2.35. The molecule has 0 bridgehead atoms. The maximum Gasteiger partial charge on any atom is 0.345 e. The first-order chi connectivity index (χ1) is 15.1. The van der Waals surface area contributed by atoms with Crippen LogP contribution in [0.2, 0.25) is 0 Å². The van der Waals surface area contributed by atoms with E-state index in [1.54, 1.807) is 48.5 Å². The summed E-state index contributed by atoms with van der Waals surface area (Å²) < 4.78 is 11.0. The molecule has 0 saturated carbocycles. The zero-order chi connectivity index (χ0) is 21.5. The summed E-state index contributed by atoms with van der Waals surface area (Å²) in [6, 6.07) is 12.3. The van der Waals surface area contributed by atoms with Gasteiger partial charge >= 0.3 is 11.3 Å². The van der Waals surface area contributed by atoms with Crippen molar-refractivity contribution in [3.8, 4) is 11.5 Å². The van der Waals surface area contributed by atoms with Crippen LogP contribution in [0.1, 0.15) is 36.4 Å². The Balaban J connectivity index is 1.83. The number of fused-ring (bicyclic) bond motifs is 2. The summed E-state index contributed by atoms with van der Waals surface area (Å²) in [5.74, 6) is -0.510. The molecule has 2 aromatic carbocycles. The van der Waals surface area contributed by atoms with Gasteiger partial charge in [0, 0.05) is 0 Å². The molecule has 1 fully saturated rings. The van der Waals surface area contributed by atoms with Crippen molar-refractivity contribution in [3.05, 3.63) is 80.5 Å². The number of hydrogen-bond donors (Lipinski definition) is 2. The van der Waals surface area contributed by atoms with Crippen LogP contribution in [0.5, 0.6) is 11.5 Å². The molecular weight excluding hydrogens is 398 g/mol. The number of aromatic hydroxyl groups is 2. The van der Waals surface area contributed by atoms with E-state index in [2.05, 4.69) is 0 Å². The Morgan fingerprint density at radius 1 is 0.710 bits per heavy atom. The van der Waals surface area contributed by atoms with E-state index in [-0.39, 0.29) is 33.8 Å². The molecule has 3 heterocycles. The maximum atomic E-state index is 13.0. The number of benzene rings is 2. The van der Waals surface area contributed by atoms with Crippen molar-refractivity contribution in [3.63, 3.8) is 0 Å². The molecule has 0 atom stereocenters. The Morgan fingerprint density at radius 2 is 1.16 bits per heavy atom. The third-order valence-corrected chi connectivity index (χ3v) is 5.94. The van der Waals surface area contributed by atoms with Crippen LogP contribution < -0.4 is 11.3 Å². The van der Waals surface area contributed by atoms with Gasteiger partial charge in [0.1, 0.15) is 33.8 Å². The summed E-state index contributed by atoms with van der Waals surface area (Å²) in [6.07, 6.45) is 2.77. The molecular formula is C24H21NO6. The van der Waals surface area contributed by atoms with Gasteiger partial charge in [-0.3, -0.25) is 4.90 Å². The molecule has 7 nitrogen and oxygen atoms in total. The van der Waals surface area contributed by atoms with E-state index in [1.807, 2.05) is 4.90 Å². The second-order valence-electron chi connectivity index (χ2n) is 7.80. The Kier molecular flexibility index (Phi) is 4.75. The molecule has 0 radical (unpaired) electrons. The SMILES string of the molecule is O=c1oc2ccccc2c(O)c1C(c1c(O)c2ccccc2oc1=O)N1CCCCC1. The summed E-state index contributed by atoms with van der Waals surface area (Å²) in [7, 11) is 0. The minimum atomic E-state index is -0.998. The highest BCUT2D eigenvalue weighted by Crippen LogP contribution is 2.40. The zero-order valence-corrected chi connectivity index (χ0v) is 16.7. The first-order valence-corrected chi connectivity index (χ1v) is 10.3. The summed E-state index contributed by atoms with van der Waals surface area (Å²) >= 11 is 0. The van der Waals surface area contributed by atoms with E-state index in [9.17, 15) is 19.8 Å². The molecule has 31 heavy (non-hydrogen) atoms. The molecule has 0 spiro atoms. The van der Waals surface area contributed by atoms with Crippen molar-refractivity contribution in [2.75, 3.05) is 13.1 Å². The molecule has 5 rings (SSSR count). The lowest BCUT2D eigenvalue weighted by Crippen LogP contribution is -2.38. The van der Waals surface area contributed by atoms with E-state index in [0.29, 0.717) is 23.9 Å². The first kappa shape index (κ1) is 19.4. The summed E-state index contributed by atoms with van der Waals surface area (Å²) in [5.41, 5.74) is -1.14. The van der Waals surface area contributed by atoms with Crippen LogP contribution in [0.4, 0.5) is 0 Å². The quantitative estimate of drug-likeness (QED) is 0.486. The van der Waals surface area contributed by atoms with Crippen LogP contribution in [0.3, 0.4) is 0 Å². The van der Waals surface area contributed by atoms with Gasteiger partial charge in [-0.15, -0.1) is 0 Å². The second kappa shape index (κ2) is 7.59. The molecule has 1 saturated heterocycles. The molecule has 0 amide bonds. The van der Waals surface area contributed by atoms with Gasteiger partial charge in [0.2, 0.25) is 0 Å². The van der Waals surface area contributed by atoms with Crippen molar-refractivity contribution in [2.24, 2.45) is 0 Å². The lowest BCUT2D eigenvalue weighted by Gasteiger charge is -2.34. The molecule has 4 aromatic rings. The fourth-order valence-electron chi connectivity index (χ4n) is 4.46. The molecule has 7 heteroatoms. The van der Waals surface area contributed by atoms with E-state index < -0.39 is 17.3 Å². The highest BCUT2D eigenvalue weighted by atomic mass is 16.4. The average molecular weight is 419 g/mol. The van der Waals surface area contributed by atoms with Crippen molar-refractivity contribution >= 4 is 21.9 Å². The van der Waals surface area contributed by atoms with Gasteiger partial charge in [0.05, 0.1) is 16.8 Å². The van der Waals surface area contributed by atoms with Crippen LogP contribution in [0, 0.1) is 0 Å². The summed E-state index contributed by atoms with van der Waals surface area (Å²) in [5, 5.41) is 22.9. The van der Waals surface area contributed by atoms with Crippen LogP contribution in [0.25, 0.3) is 21.9 Å². The summed E-state index contributed by atoms with van der Waals surface area (Å²) in [4.78, 5) is 28.0. The lowest BCUT2D eigenvalue weighted by molar-refractivity contribution is 0.177. The van der Waals surface area contributed by atoms with E-state index in [0.717, 1.165) is 19.3 Å². The Labute approximate surface area is 176 Å². The fourth-order valence-corrected chi connectivity index (χ4v) is 4.46. The van der Waals surface area contributed by atoms with Crippen LogP contribution in [0.15, 0.2) is 67.0 Å². The van der Waals surface area contributed by atoms with Gasteiger partial charge < -0.3 is 19.0 Å². The molecule has 0 unspecified atom stereocenters. The average Bonchev–Trinajstić information content (AvgIpc) is 2.78.